The lowest BCUT2D eigenvalue weighted by Crippen LogP contribution is -2.20. The van der Waals surface area contributed by atoms with Crippen molar-refractivity contribution in [3.63, 3.8) is 0 Å². The Kier molecular flexibility index (Phi) is 4.28. The molecule has 104 valence electrons. The molecule has 2 aromatic carbocycles. The summed E-state index contributed by atoms with van der Waals surface area (Å²) in [6.07, 6.45) is 0. The third kappa shape index (κ3) is 3.00. The van der Waals surface area contributed by atoms with Gasteiger partial charge in [-0.2, -0.15) is 0 Å². The Bertz CT molecular complexity index is 585. The zero-order valence-corrected chi connectivity index (χ0v) is 12.5. The van der Waals surface area contributed by atoms with E-state index in [0.717, 1.165) is 18.0 Å². The summed E-state index contributed by atoms with van der Waals surface area (Å²) in [6, 6.07) is 17.4. The van der Waals surface area contributed by atoms with E-state index in [0.29, 0.717) is 12.6 Å². The first-order chi connectivity index (χ1) is 9.86. The summed E-state index contributed by atoms with van der Waals surface area (Å²) in [4.78, 5) is 1.41. The second-order valence-corrected chi connectivity index (χ2v) is 5.92. The van der Waals surface area contributed by atoms with E-state index in [9.17, 15) is 0 Å². The van der Waals surface area contributed by atoms with Gasteiger partial charge in [-0.25, -0.2) is 0 Å². The third-order valence-corrected chi connectivity index (χ3v) is 4.64. The number of ether oxygens (including phenoxy) is 1. The highest BCUT2D eigenvalue weighted by Crippen LogP contribution is 2.37. The molecule has 20 heavy (non-hydrogen) atoms. The molecule has 0 fully saturated rings. The molecule has 0 amide bonds. The molecule has 1 aliphatic heterocycles. The molecule has 0 aromatic heterocycles. The van der Waals surface area contributed by atoms with Crippen LogP contribution in [0.2, 0.25) is 0 Å². The van der Waals surface area contributed by atoms with Crippen LogP contribution < -0.4 is 10.1 Å². The van der Waals surface area contributed by atoms with Gasteiger partial charge >= 0.3 is 0 Å². The van der Waals surface area contributed by atoms with Crippen molar-refractivity contribution >= 4 is 11.8 Å². The third-order valence-electron chi connectivity index (χ3n) is 3.46. The topological polar surface area (TPSA) is 21.3 Å². The molecule has 1 heterocycles. The van der Waals surface area contributed by atoms with Crippen molar-refractivity contribution in [2.45, 2.75) is 24.4 Å². The lowest BCUT2D eigenvalue weighted by Gasteiger charge is -2.14. The number of hydrogen-bond acceptors (Lipinski definition) is 3. The van der Waals surface area contributed by atoms with Crippen LogP contribution in [-0.4, -0.2) is 12.4 Å². The van der Waals surface area contributed by atoms with Crippen LogP contribution in [0.15, 0.2) is 53.4 Å². The van der Waals surface area contributed by atoms with Gasteiger partial charge in [0.25, 0.3) is 0 Å². The van der Waals surface area contributed by atoms with Gasteiger partial charge in [-0.1, -0.05) is 30.3 Å². The summed E-state index contributed by atoms with van der Waals surface area (Å²) in [7, 11) is 0. The average molecular weight is 285 g/mol. The van der Waals surface area contributed by atoms with Crippen molar-refractivity contribution in [3.05, 3.63) is 59.7 Å². The molecule has 0 bridgehead atoms. The van der Waals surface area contributed by atoms with Gasteiger partial charge in [0.15, 0.2) is 0 Å². The fourth-order valence-electron chi connectivity index (χ4n) is 2.48. The molecule has 0 aliphatic carbocycles. The fourth-order valence-corrected chi connectivity index (χ4v) is 3.68. The molecule has 1 aliphatic rings. The lowest BCUT2D eigenvalue weighted by molar-refractivity contribution is 0.339. The first-order valence-corrected chi connectivity index (χ1v) is 8.02. The highest BCUT2D eigenvalue weighted by Gasteiger charge is 2.21. The number of benzene rings is 2. The summed E-state index contributed by atoms with van der Waals surface area (Å²) in [5.74, 6) is 2.07. The summed E-state index contributed by atoms with van der Waals surface area (Å²) in [6.45, 7) is 3.60. The van der Waals surface area contributed by atoms with Crippen LogP contribution in [-0.2, 0) is 6.54 Å². The quantitative estimate of drug-likeness (QED) is 0.896. The maximum Gasteiger partial charge on any atom is 0.119 e. The monoisotopic (exact) mass is 285 g/mol. The molecule has 3 heteroatoms. The molecular weight excluding hydrogens is 266 g/mol. The van der Waals surface area contributed by atoms with E-state index >= 15 is 0 Å². The van der Waals surface area contributed by atoms with E-state index < -0.39 is 0 Å². The molecule has 0 saturated carbocycles. The average Bonchev–Trinajstić information content (AvgIpc) is 2.89. The van der Waals surface area contributed by atoms with Crippen LogP contribution in [0.4, 0.5) is 0 Å². The van der Waals surface area contributed by atoms with Crippen LogP contribution in [0.1, 0.15) is 24.1 Å². The normalized spacial score (nSPS) is 16.9. The number of rotatable bonds is 5. The van der Waals surface area contributed by atoms with Crippen molar-refractivity contribution in [1.82, 2.24) is 5.32 Å². The van der Waals surface area contributed by atoms with Crippen molar-refractivity contribution in [1.29, 1.82) is 0 Å². The zero-order valence-electron chi connectivity index (χ0n) is 11.6. The molecule has 0 spiro atoms. The largest absolute Gasteiger partial charge is 0.494 e. The van der Waals surface area contributed by atoms with Crippen LogP contribution in [0.3, 0.4) is 0 Å². The van der Waals surface area contributed by atoms with Crippen LogP contribution in [0.25, 0.3) is 0 Å². The maximum atomic E-state index is 5.54. The van der Waals surface area contributed by atoms with E-state index in [2.05, 4.69) is 47.8 Å². The van der Waals surface area contributed by atoms with Gasteiger partial charge in [0, 0.05) is 23.2 Å². The predicted molar refractivity (Wildman–Crippen MR) is 84.4 cm³/mol. The molecule has 0 saturated heterocycles. The minimum Gasteiger partial charge on any atom is -0.494 e. The summed E-state index contributed by atoms with van der Waals surface area (Å²) in [5.41, 5.74) is 2.70. The summed E-state index contributed by atoms with van der Waals surface area (Å²) >= 11 is 1.94. The van der Waals surface area contributed by atoms with Gasteiger partial charge < -0.3 is 10.1 Å². The number of thioether (sulfide) groups is 1. The molecule has 0 radical (unpaired) electrons. The number of fused-ring (bicyclic) bond motifs is 1. The van der Waals surface area contributed by atoms with E-state index in [4.69, 9.17) is 4.74 Å². The Balaban J connectivity index is 1.64. The number of hydrogen-bond donors (Lipinski definition) is 1. The minimum atomic E-state index is 0.451. The SMILES string of the molecule is CCOc1cccc(CNC2CSc3ccccc32)c1. The zero-order chi connectivity index (χ0) is 13.8. The Morgan fingerprint density at radius 1 is 1.20 bits per heavy atom. The van der Waals surface area contributed by atoms with E-state index in [1.54, 1.807) is 0 Å². The van der Waals surface area contributed by atoms with Crippen molar-refractivity contribution < 1.29 is 4.74 Å². The molecular formula is C17H19NOS. The second-order valence-electron chi connectivity index (χ2n) is 4.86. The molecule has 2 nitrogen and oxygen atoms in total. The van der Waals surface area contributed by atoms with Gasteiger partial charge in [-0.15, -0.1) is 11.8 Å². The van der Waals surface area contributed by atoms with Crippen LogP contribution in [0, 0.1) is 0 Å². The lowest BCUT2D eigenvalue weighted by atomic mass is 10.1. The van der Waals surface area contributed by atoms with Crippen LogP contribution in [0.5, 0.6) is 5.75 Å². The predicted octanol–water partition coefficient (Wildman–Crippen LogP) is 4.02. The van der Waals surface area contributed by atoms with E-state index in [-0.39, 0.29) is 0 Å². The van der Waals surface area contributed by atoms with Crippen molar-refractivity contribution in [3.8, 4) is 5.75 Å². The molecule has 1 atom stereocenters. The summed E-state index contributed by atoms with van der Waals surface area (Å²) in [5, 5.41) is 3.65. The highest BCUT2D eigenvalue weighted by atomic mass is 32.2. The Morgan fingerprint density at radius 3 is 3.00 bits per heavy atom. The van der Waals surface area contributed by atoms with E-state index in [1.807, 2.05) is 24.8 Å². The molecule has 2 aromatic rings. The Labute approximate surface area is 124 Å². The Hall–Kier alpha value is -1.45. The first-order valence-electron chi connectivity index (χ1n) is 7.03. The minimum absolute atomic E-state index is 0.451. The molecule has 1 N–H and O–H groups in total. The standard InChI is InChI=1S/C17H19NOS/c1-2-19-14-7-5-6-13(10-14)11-18-16-12-20-17-9-4-3-8-15(16)17/h3-10,16,18H,2,11-12H2,1H3. The maximum absolute atomic E-state index is 5.54. The molecule has 1 unspecified atom stereocenters. The first kappa shape index (κ1) is 13.5. The van der Waals surface area contributed by atoms with Crippen molar-refractivity contribution in [2.75, 3.05) is 12.4 Å². The van der Waals surface area contributed by atoms with Gasteiger partial charge in [0.2, 0.25) is 0 Å². The van der Waals surface area contributed by atoms with Gasteiger partial charge in [0.05, 0.1) is 6.61 Å². The second kappa shape index (κ2) is 6.33. The number of nitrogens with one attached hydrogen (secondary N) is 1. The van der Waals surface area contributed by atoms with E-state index in [1.165, 1.54) is 16.0 Å². The highest BCUT2D eigenvalue weighted by molar-refractivity contribution is 7.99. The van der Waals surface area contributed by atoms with Gasteiger partial charge in [0.1, 0.15) is 5.75 Å². The smallest absolute Gasteiger partial charge is 0.119 e. The Morgan fingerprint density at radius 2 is 2.10 bits per heavy atom. The molecule has 3 rings (SSSR count). The van der Waals surface area contributed by atoms with Gasteiger partial charge in [-0.05, 0) is 36.2 Å². The fraction of sp³-hybridized carbons (Fsp3) is 0.294. The van der Waals surface area contributed by atoms with Gasteiger partial charge in [-0.3, -0.25) is 0 Å². The van der Waals surface area contributed by atoms with Crippen molar-refractivity contribution in [2.24, 2.45) is 0 Å². The van der Waals surface area contributed by atoms with Crippen LogP contribution >= 0.6 is 11.8 Å². The summed E-state index contributed by atoms with van der Waals surface area (Å²) < 4.78 is 5.54.